The number of carbonyl (C=O) groups excluding carboxylic acids is 1. The van der Waals surface area contributed by atoms with E-state index in [1.165, 1.54) is 77.0 Å². The topological polar surface area (TPSA) is 17.1 Å². The van der Waals surface area contributed by atoms with Gasteiger partial charge >= 0.3 is 0 Å². The van der Waals surface area contributed by atoms with Crippen LogP contribution in [0.25, 0.3) is 6.08 Å². The van der Waals surface area contributed by atoms with Crippen LogP contribution in [0.1, 0.15) is 102 Å². The summed E-state index contributed by atoms with van der Waals surface area (Å²) in [6.45, 7) is 2.28. The number of rotatable bonds is 16. The zero-order valence-electron chi connectivity index (χ0n) is 16.3. The smallest absolute Gasteiger partial charge is 0.155 e. The van der Waals surface area contributed by atoms with Crippen molar-refractivity contribution < 1.29 is 4.79 Å². The number of hydrogen-bond donors (Lipinski definition) is 0. The largest absolute Gasteiger partial charge is 0.295 e. The van der Waals surface area contributed by atoms with Gasteiger partial charge in [-0.15, -0.1) is 0 Å². The highest BCUT2D eigenvalue weighted by molar-refractivity contribution is 5.93. The van der Waals surface area contributed by atoms with E-state index in [0.29, 0.717) is 6.42 Å². The van der Waals surface area contributed by atoms with Crippen LogP contribution in [-0.2, 0) is 4.79 Å². The summed E-state index contributed by atoms with van der Waals surface area (Å²) in [5, 5.41) is 0. The summed E-state index contributed by atoms with van der Waals surface area (Å²) >= 11 is 0. The average molecular weight is 343 g/mol. The number of ketones is 1. The molecule has 0 saturated heterocycles. The predicted molar refractivity (Wildman–Crippen MR) is 111 cm³/mol. The molecule has 0 aliphatic heterocycles. The van der Waals surface area contributed by atoms with Gasteiger partial charge in [0, 0.05) is 6.42 Å². The second-order valence-electron chi connectivity index (χ2n) is 7.20. The molecular weight excluding hydrogens is 304 g/mol. The maximum Gasteiger partial charge on any atom is 0.155 e. The van der Waals surface area contributed by atoms with Crippen LogP contribution in [0.15, 0.2) is 36.4 Å². The van der Waals surface area contributed by atoms with Gasteiger partial charge in [-0.25, -0.2) is 0 Å². The van der Waals surface area contributed by atoms with Gasteiger partial charge in [0.25, 0.3) is 0 Å². The number of hydrogen-bond acceptors (Lipinski definition) is 1. The van der Waals surface area contributed by atoms with Crippen molar-refractivity contribution in [1.29, 1.82) is 0 Å². The third kappa shape index (κ3) is 13.6. The Morgan fingerprint density at radius 1 is 0.720 bits per heavy atom. The molecule has 0 heterocycles. The van der Waals surface area contributed by atoms with Gasteiger partial charge in [0.15, 0.2) is 5.78 Å². The average Bonchev–Trinajstić information content (AvgIpc) is 2.64. The highest BCUT2D eigenvalue weighted by Gasteiger charge is 1.98. The number of unbranched alkanes of at least 4 members (excludes halogenated alkanes) is 12. The Labute approximate surface area is 155 Å². The molecule has 0 bridgehead atoms. The first-order valence-corrected chi connectivity index (χ1v) is 10.6. The first-order chi connectivity index (χ1) is 12.3. The number of carbonyl (C=O) groups is 1. The van der Waals surface area contributed by atoms with Gasteiger partial charge in [-0.2, -0.15) is 0 Å². The van der Waals surface area contributed by atoms with Gasteiger partial charge in [0.2, 0.25) is 0 Å². The lowest BCUT2D eigenvalue weighted by molar-refractivity contribution is -0.114. The molecule has 0 aromatic heterocycles. The summed E-state index contributed by atoms with van der Waals surface area (Å²) in [4.78, 5) is 11.8. The van der Waals surface area contributed by atoms with E-state index in [1.807, 2.05) is 36.4 Å². The minimum absolute atomic E-state index is 0.256. The van der Waals surface area contributed by atoms with Crippen LogP contribution >= 0.6 is 0 Å². The molecule has 0 spiro atoms. The van der Waals surface area contributed by atoms with Crippen molar-refractivity contribution in [1.82, 2.24) is 0 Å². The molecule has 1 aromatic carbocycles. The quantitative estimate of drug-likeness (QED) is 0.222. The monoisotopic (exact) mass is 342 g/mol. The van der Waals surface area contributed by atoms with Crippen molar-refractivity contribution in [2.75, 3.05) is 0 Å². The van der Waals surface area contributed by atoms with E-state index in [2.05, 4.69) is 6.92 Å². The molecule has 0 saturated carbocycles. The molecule has 25 heavy (non-hydrogen) atoms. The molecule has 0 radical (unpaired) electrons. The molecule has 0 amide bonds. The van der Waals surface area contributed by atoms with Crippen LogP contribution in [0.5, 0.6) is 0 Å². The summed E-state index contributed by atoms with van der Waals surface area (Å²) < 4.78 is 0. The first-order valence-electron chi connectivity index (χ1n) is 10.6. The first kappa shape index (κ1) is 21.7. The molecular formula is C24H38O. The van der Waals surface area contributed by atoms with E-state index in [9.17, 15) is 4.79 Å². The lowest BCUT2D eigenvalue weighted by Gasteiger charge is -2.02. The normalized spacial score (nSPS) is 11.2. The summed E-state index contributed by atoms with van der Waals surface area (Å²) in [5.74, 6) is 0.256. The van der Waals surface area contributed by atoms with Crippen LogP contribution in [0, 0.1) is 0 Å². The molecule has 1 heteroatoms. The Morgan fingerprint density at radius 3 is 1.72 bits per heavy atom. The van der Waals surface area contributed by atoms with E-state index in [-0.39, 0.29) is 5.78 Å². The van der Waals surface area contributed by atoms with Crippen molar-refractivity contribution >= 4 is 11.9 Å². The van der Waals surface area contributed by atoms with Crippen LogP contribution in [-0.4, -0.2) is 5.78 Å². The van der Waals surface area contributed by atoms with E-state index >= 15 is 0 Å². The van der Waals surface area contributed by atoms with E-state index in [4.69, 9.17) is 0 Å². The predicted octanol–water partition coefficient (Wildman–Crippen LogP) is 7.75. The van der Waals surface area contributed by atoms with Crippen molar-refractivity contribution in [3.8, 4) is 0 Å². The van der Waals surface area contributed by atoms with Crippen molar-refractivity contribution in [2.24, 2.45) is 0 Å². The van der Waals surface area contributed by atoms with Crippen molar-refractivity contribution in [3.63, 3.8) is 0 Å². The van der Waals surface area contributed by atoms with Crippen LogP contribution in [0.2, 0.25) is 0 Å². The third-order valence-corrected chi connectivity index (χ3v) is 4.79. The molecule has 140 valence electrons. The summed E-state index contributed by atoms with van der Waals surface area (Å²) in [5.41, 5.74) is 1.10. The van der Waals surface area contributed by atoms with E-state index in [1.54, 1.807) is 6.08 Å². The summed E-state index contributed by atoms with van der Waals surface area (Å²) in [6, 6.07) is 10.0. The Bertz CT molecular complexity index is 446. The fourth-order valence-electron chi connectivity index (χ4n) is 3.15. The molecule has 0 aliphatic rings. The summed E-state index contributed by atoms with van der Waals surface area (Å²) in [7, 11) is 0. The lowest BCUT2D eigenvalue weighted by Crippen LogP contribution is -1.92. The second-order valence-corrected chi connectivity index (χ2v) is 7.20. The maximum absolute atomic E-state index is 11.8. The van der Waals surface area contributed by atoms with Gasteiger partial charge in [-0.1, -0.05) is 120 Å². The highest BCUT2D eigenvalue weighted by Crippen LogP contribution is 2.13. The lowest BCUT2D eigenvalue weighted by atomic mass is 10.0. The molecule has 0 atom stereocenters. The minimum atomic E-state index is 0.256. The number of allylic oxidation sites excluding steroid dienone is 1. The Morgan fingerprint density at radius 2 is 1.20 bits per heavy atom. The molecule has 1 nitrogen and oxygen atoms in total. The van der Waals surface area contributed by atoms with Crippen LogP contribution in [0.3, 0.4) is 0 Å². The molecule has 0 aliphatic carbocycles. The van der Waals surface area contributed by atoms with Gasteiger partial charge in [0.1, 0.15) is 0 Å². The maximum atomic E-state index is 11.8. The fraction of sp³-hybridized carbons (Fsp3) is 0.625. The fourth-order valence-corrected chi connectivity index (χ4v) is 3.15. The van der Waals surface area contributed by atoms with Crippen LogP contribution in [0.4, 0.5) is 0 Å². The zero-order chi connectivity index (χ0) is 18.0. The molecule has 0 N–H and O–H groups in total. The second kappa shape index (κ2) is 16.1. The van der Waals surface area contributed by atoms with E-state index < -0.39 is 0 Å². The highest BCUT2D eigenvalue weighted by atomic mass is 16.1. The standard InChI is InChI=1S/C24H38O/c1-2-3-4-5-6-7-8-9-10-11-12-13-17-20-24(25)22-21-23-18-15-14-16-19-23/h14-16,18-19,21-22H,2-13,17,20H2,1H3/b22-21+. The molecule has 0 fully saturated rings. The van der Waals surface area contributed by atoms with Crippen molar-refractivity contribution in [3.05, 3.63) is 42.0 Å². The Kier molecular flexibility index (Phi) is 14.0. The van der Waals surface area contributed by atoms with Gasteiger partial charge < -0.3 is 0 Å². The Hall–Kier alpha value is -1.37. The molecule has 1 aromatic rings. The minimum Gasteiger partial charge on any atom is -0.295 e. The number of benzene rings is 1. The van der Waals surface area contributed by atoms with Gasteiger partial charge in [0.05, 0.1) is 0 Å². The molecule has 1 rings (SSSR count). The third-order valence-electron chi connectivity index (χ3n) is 4.79. The Balaban J connectivity index is 1.85. The van der Waals surface area contributed by atoms with Gasteiger partial charge in [-0.3, -0.25) is 4.79 Å². The van der Waals surface area contributed by atoms with Crippen LogP contribution < -0.4 is 0 Å². The SMILES string of the molecule is CCCCCCCCCCCCCCCC(=O)/C=C/c1ccccc1. The van der Waals surface area contributed by atoms with Crippen molar-refractivity contribution in [2.45, 2.75) is 96.8 Å². The zero-order valence-corrected chi connectivity index (χ0v) is 16.3. The van der Waals surface area contributed by atoms with E-state index in [0.717, 1.165) is 12.0 Å². The summed E-state index contributed by atoms with van der Waals surface area (Å²) in [6.07, 6.45) is 21.8. The molecule has 0 unspecified atom stereocenters. The van der Waals surface area contributed by atoms with Gasteiger partial charge in [-0.05, 0) is 18.1 Å².